The van der Waals surface area contributed by atoms with Crippen molar-refractivity contribution in [2.45, 2.75) is 12.8 Å². The van der Waals surface area contributed by atoms with Crippen molar-refractivity contribution < 1.29 is 19.4 Å². The number of nitrogens with two attached hydrogens (primary N) is 1. The molecule has 0 spiro atoms. The predicted octanol–water partition coefficient (Wildman–Crippen LogP) is 0.788. The van der Waals surface area contributed by atoms with Crippen molar-refractivity contribution in [1.82, 2.24) is 5.32 Å². The van der Waals surface area contributed by atoms with Gasteiger partial charge in [0.25, 0.3) is 5.91 Å². The molecule has 1 aromatic carbocycles. The lowest BCUT2D eigenvalue weighted by molar-refractivity contribution is 0.0952. The van der Waals surface area contributed by atoms with E-state index in [-0.39, 0.29) is 12.5 Å². The van der Waals surface area contributed by atoms with Gasteiger partial charge in [0.1, 0.15) is 0 Å². The zero-order valence-corrected chi connectivity index (χ0v) is 11.2. The topological polar surface area (TPSA) is 93.8 Å². The number of nitrogens with one attached hydrogen (secondary N) is 1. The molecule has 19 heavy (non-hydrogen) atoms. The van der Waals surface area contributed by atoms with Crippen molar-refractivity contribution in [3.8, 4) is 11.5 Å². The molecule has 4 N–H and O–H groups in total. The number of rotatable bonds is 7. The Kier molecular flexibility index (Phi) is 5.95. The molecule has 6 heteroatoms. The van der Waals surface area contributed by atoms with Crippen LogP contribution in [0.15, 0.2) is 12.1 Å². The van der Waals surface area contributed by atoms with Gasteiger partial charge in [0, 0.05) is 24.9 Å². The van der Waals surface area contributed by atoms with Gasteiger partial charge in [0.05, 0.1) is 19.8 Å². The number of methoxy groups -OCH3 is 2. The predicted molar refractivity (Wildman–Crippen MR) is 72.6 cm³/mol. The third-order valence-electron chi connectivity index (χ3n) is 2.67. The third kappa shape index (κ3) is 4.03. The normalized spacial score (nSPS) is 10.1. The van der Waals surface area contributed by atoms with Crippen LogP contribution in [-0.4, -0.2) is 38.4 Å². The maximum Gasteiger partial charge on any atom is 0.253 e. The molecule has 0 saturated carbocycles. The first-order valence-electron chi connectivity index (χ1n) is 6.04. The van der Waals surface area contributed by atoms with Crippen LogP contribution in [0.25, 0.3) is 0 Å². The van der Waals surface area contributed by atoms with E-state index in [1.54, 1.807) is 12.1 Å². The van der Waals surface area contributed by atoms with E-state index in [9.17, 15) is 4.79 Å². The molecule has 0 bridgehead atoms. The van der Waals surface area contributed by atoms with E-state index in [1.807, 2.05) is 0 Å². The number of unbranched alkanes of at least 4 members (excludes halogenated alkanes) is 1. The lowest BCUT2D eigenvalue weighted by atomic mass is 10.1. The largest absolute Gasteiger partial charge is 0.493 e. The van der Waals surface area contributed by atoms with Crippen LogP contribution >= 0.6 is 0 Å². The summed E-state index contributed by atoms with van der Waals surface area (Å²) >= 11 is 0. The average Bonchev–Trinajstić information content (AvgIpc) is 2.42. The van der Waals surface area contributed by atoms with Crippen LogP contribution in [0, 0.1) is 0 Å². The molecule has 1 amide bonds. The Morgan fingerprint density at radius 2 is 1.89 bits per heavy atom. The Labute approximate surface area is 112 Å². The second-order valence-electron chi connectivity index (χ2n) is 3.98. The summed E-state index contributed by atoms with van der Waals surface area (Å²) < 4.78 is 10.2. The fourth-order valence-corrected chi connectivity index (χ4v) is 1.63. The van der Waals surface area contributed by atoms with E-state index in [0.29, 0.717) is 35.7 Å². The molecule has 1 aromatic rings. The van der Waals surface area contributed by atoms with Crippen molar-refractivity contribution in [3.05, 3.63) is 17.7 Å². The number of amides is 1. The first kappa shape index (κ1) is 15.1. The number of aliphatic hydroxyl groups is 1. The van der Waals surface area contributed by atoms with Crippen LogP contribution in [0.3, 0.4) is 0 Å². The summed E-state index contributed by atoms with van der Waals surface area (Å²) in [5, 5.41) is 11.4. The summed E-state index contributed by atoms with van der Waals surface area (Å²) in [4.78, 5) is 11.9. The molecule has 0 aromatic heterocycles. The van der Waals surface area contributed by atoms with Gasteiger partial charge in [-0.25, -0.2) is 0 Å². The molecule has 0 heterocycles. The van der Waals surface area contributed by atoms with Crippen LogP contribution in [0.1, 0.15) is 23.2 Å². The van der Waals surface area contributed by atoms with Crippen LogP contribution in [0.2, 0.25) is 0 Å². The summed E-state index contributed by atoms with van der Waals surface area (Å²) in [6.45, 7) is 0.613. The number of hydrogen-bond acceptors (Lipinski definition) is 5. The quantitative estimate of drug-likeness (QED) is 0.502. The van der Waals surface area contributed by atoms with Crippen molar-refractivity contribution in [2.24, 2.45) is 0 Å². The molecular weight excluding hydrogens is 248 g/mol. The van der Waals surface area contributed by atoms with E-state index in [1.165, 1.54) is 14.2 Å². The SMILES string of the molecule is COc1cc(N)c(C(=O)NCCCCO)cc1OC. The molecule has 6 nitrogen and oxygen atoms in total. The first-order chi connectivity index (χ1) is 9.13. The van der Waals surface area contributed by atoms with Gasteiger partial charge in [0.2, 0.25) is 0 Å². The highest BCUT2D eigenvalue weighted by Crippen LogP contribution is 2.31. The van der Waals surface area contributed by atoms with Gasteiger partial charge in [-0.15, -0.1) is 0 Å². The highest BCUT2D eigenvalue weighted by atomic mass is 16.5. The third-order valence-corrected chi connectivity index (χ3v) is 2.67. The van der Waals surface area contributed by atoms with Crippen molar-refractivity contribution in [1.29, 1.82) is 0 Å². The number of anilines is 1. The van der Waals surface area contributed by atoms with Crippen molar-refractivity contribution in [2.75, 3.05) is 33.1 Å². The van der Waals surface area contributed by atoms with Gasteiger partial charge in [-0.2, -0.15) is 0 Å². The van der Waals surface area contributed by atoms with Gasteiger partial charge >= 0.3 is 0 Å². The number of ether oxygens (including phenoxy) is 2. The standard InChI is InChI=1S/C13H20N2O4/c1-18-11-7-9(10(14)8-12(11)19-2)13(17)15-5-3-4-6-16/h7-8,16H,3-6,14H2,1-2H3,(H,15,17). The molecule has 106 valence electrons. The smallest absolute Gasteiger partial charge is 0.253 e. The number of benzene rings is 1. The lowest BCUT2D eigenvalue weighted by Gasteiger charge is -2.12. The highest BCUT2D eigenvalue weighted by Gasteiger charge is 2.14. The zero-order valence-electron chi connectivity index (χ0n) is 11.2. The zero-order chi connectivity index (χ0) is 14.3. The Hall–Kier alpha value is -1.95. The number of aliphatic hydroxyl groups excluding tert-OH is 1. The highest BCUT2D eigenvalue weighted by molar-refractivity contribution is 6.00. The van der Waals surface area contributed by atoms with Crippen LogP contribution < -0.4 is 20.5 Å². The monoisotopic (exact) mass is 268 g/mol. The number of carbonyl (C=O) groups excluding carboxylic acids is 1. The van der Waals surface area contributed by atoms with Crippen molar-refractivity contribution in [3.63, 3.8) is 0 Å². The van der Waals surface area contributed by atoms with E-state index < -0.39 is 0 Å². The minimum absolute atomic E-state index is 0.119. The summed E-state index contributed by atoms with van der Waals surface area (Å²) in [6, 6.07) is 3.11. The summed E-state index contributed by atoms with van der Waals surface area (Å²) in [5.41, 5.74) is 6.50. The van der Waals surface area contributed by atoms with E-state index >= 15 is 0 Å². The number of carbonyl (C=O) groups is 1. The minimum atomic E-state index is -0.267. The van der Waals surface area contributed by atoms with Crippen LogP contribution in [0.5, 0.6) is 11.5 Å². The van der Waals surface area contributed by atoms with E-state index in [2.05, 4.69) is 5.32 Å². The molecule has 0 aliphatic rings. The van der Waals surface area contributed by atoms with Crippen molar-refractivity contribution >= 4 is 11.6 Å². The number of nitrogen functional groups attached to an aromatic ring is 1. The van der Waals surface area contributed by atoms with E-state index in [0.717, 1.165) is 6.42 Å². The van der Waals surface area contributed by atoms with Crippen LogP contribution in [0.4, 0.5) is 5.69 Å². The van der Waals surface area contributed by atoms with Gasteiger partial charge in [-0.1, -0.05) is 0 Å². The Bertz CT molecular complexity index is 435. The lowest BCUT2D eigenvalue weighted by Crippen LogP contribution is -2.25. The minimum Gasteiger partial charge on any atom is -0.493 e. The van der Waals surface area contributed by atoms with Gasteiger partial charge in [0.15, 0.2) is 11.5 Å². The Morgan fingerprint density at radius 3 is 2.47 bits per heavy atom. The van der Waals surface area contributed by atoms with Gasteiger partial charge < -0.3 is 25.6 Å². The Morgan fingerprint density at radius 1 is 1.26 bits per heavy atom. The molecule has 0 aliphatic heterocycles. The second kappa shape index (κ2) is 7.48. The molecular formula is C13H20N2O4. The molecule has 0 atom stereocenters. The summed E-state index contributed by atoms with van der Waals surface area (Å²) in [6.07, 6.45) is 1.37. The molecule has 1 rings (SSSR count). The molecule has 0 aliphatic carbocycles. The molecule has 0 saturated heterocycles. The fraction of sp³-hybridized carbons (Fsp3) is 0.462. The summed E-state index contributed by atoms with van der Waals surface area (Å²) in [5.74, 6) is 0.672. The fourth-order valence-electron chi connectivity index (χ4n) is 1.63. The van der Waals surface area contributed by atoms with Gasteiger partial charge in [-0.05, 0) is 18.9 Å². The molecule has 0 unspecified atom stereocenters. The maximum absolute atomic E-state index is 11.9. The Balaban J connectivity index is 2.79. The maximum atomic E-state index is 11.9. The van der Waals surface area contributed by atoms with Gasteiger partial charge in [-0.3, -0.25) is 4.79 Å². The van der Waals surface area contributed by atoms with E-state index in [4.69, 9.17) is 20.3 Å². The molecule has 0 fully saturated rings. The second-order valence-corrected chi connectivity index (χ2v) is 3.98. The van der Waals surface area contributed by atoms with Crippen LogP contribution in [-0.2, 0) is 0 Å². The first-order valence-corrected chi connectivity index (χ1v) is 6.04. The molecule has 0 radical (unpaired) electrons. The average molecular weight is 268 g/mol. The number of hydrogen-bond donors (Lipinski definition) is 3. The summed E-state index contributed by atoms with van der Waals surface area (Å²) in [7, 11) is 3.00.